The highest BCUT2D eigenvalue weighted by Crippen LogP contribution is 2.30. The molecule has 1 aliphatic carbocycles. The van der Waals surface area contributed by atoms with Gasteiger partial charge in [0.15, 0.2) is 0 Å². The number of rotatable bonds is 3. The van der Waals surface area contributed by atoms with E-state index < -0.39 is 5.41 Å². The molecular weight excluding hydrogens is 200 g/mol. The lowest BCUT2D eigenvalue weighted by molar-refractivity contribution is -0.115. The van der Waals surface area contributed by atoms with E-state index in [-0.39, 0.29) is 6.61 Å². The van der Waals surface area contributed by atoms with Gasteiger partial charge in [0.1, 0.15) is 6.29 Å². The highest BCUT2D eigenvalue weighted by molar-refractivity contribution is 5.78. The van der Waals surface area contributed by atoms with Crippen molar-refractivity contribution in [2.45, 2.75) is 6.42 Å². The van der Waals surface area contributed by atoms with Gasteiger partial charge in [0.25, 0.3) is 0 Å². The van der Waals surface area contributed by atoms with E-state index in [4.69, 9.17) is 0 Å². The van der Waals surface area contributed by atoms with Crippen molar-refractivity contribution in [2.24, 2.45) is 5.41 Å². The van der Waals surface area contributed by atoms with Crippen molar-refractivity contribution in [1.29, 1.82) is 0 Å². The Morgan fingerprint density at radius 2 is 2.06 bits per heavy atom. The van der Waals surface area contributed by atoms with Gasteiger partial charge < -0.3 is 9.90 Å². The molecule has 82 valence electrons. The number of benzene rings is 1. The largest absolute Gasteiger partial charge is 0.395 e. The van der Waals surface area contributed by atoms with Gasteiger partial charge in [0, 0.05) is 0 Å². The zero-order chi connectivity index (χ0) is 11.4. The zero-order valence-corrected chi connectivity index (χ0v) is 8.97. The van der Waals surface area contributed by atoms with E-state index in [1.165, 1.54) is 0 Å². The number of carbonyl (C=O) groups excluding carboxylic acids is 1. The molecule has 2 heteroatoms. The monoisotopic (exact) mass is 214 g/mol. The van der Waals surface area contributed by atoms with Gasteiger partial charge in [-0.25, -0.2) is 0 Å². The minimum Gasteiger partial charge on any atom is -0.395 e. The van der Waals surface area contributed by atoms with E-state index in [9.17, 15) is 9.90 Å². The quantitative estimate of drug-likeness (QED) is 0.783. The fourth-order valence-corrected chi connectivity index (χ4v) is 1.78. The predicted octanol–water partition coefficient (Wildman–Crippen LogP) is 2.21. The minimum atomic E-state index is -0.710. The van der Waals surface area contributed by atoms with E-state index in [2.05, 4.69) is 0 Å². The van der Waals surface area contributed by atoms with Crippen LogP contribution in [0.25, 0.3) is 5.57 Å². The normalized spacial score (nSPS) is 23.9. The summed E-state index contributed by atoms with van der Waals surface area (Å²) in [5, 5.41) is 9.19. The maximum absolute atomic E-state index is 10.9. The van der Waals surface area contributed by atoms with Gasteiger partial charge in [-0.05, 0) is 17.6 Å². The standard InChI is InChI=1S/C14H14O2/c15-10-14(11-16)8-6-13(7-9-14)12-4-2-1-3-5-12/h1-8,10,16H,9,11H2. The summed E-state index contributed by atoms with van der Waals surface area (Å²) in [6.07, 6.45) is 7.08. The highest BCUT2D eigenvalue weighted by atomic mass is 16.3. The Hall–Kier alpha value is -1.67. The second-order valence-electron chi connectivity index (χ2n) is 4.07. The molecule has 1 unspecified atom stereocenters. The van der Waals surface area contributed by atoms with Gasteiger partial charge in [-0.1, -0.05) is 48.6 Å². The van der Waals surface area contributed by atoms with Gasteiger partial charge in [-0.15, -0.1) is 0 Å². The first-order valence-electron chi connectivity index (χ1n) is 5.32. The van der Waals surface area contributed by atoms with Gasteiger partial charge in [0.2, 0.25) is 0 Å². The Labute approximate surface area is 94.9 Å². The number of allylic oxidation sites excluding steroid dienone is 3. The molecule has 0 spiro atoms. The second-order valence-corrected chi connectivity index (χ2v) is 4.07. The number of aliphatic hydroxyl groups excluding tert-OH is 1. The summed E-state index contributed by atoms with van der Waals surface area (Å²) in [6.45, 7) is -0.133. The topological polar surface area (TPSA) is 37.3 Å². The average Bonchev–Trinajstić information content (AvgIpc) is 2.40. The summed E-state index contributed by atoms with van der Waals surface area (Å²) >= 11 is 0. The summed E-state index contributed by atoms with van der Waals surface area (Å²) < 4.78 is 0. The Bertz CT molecular complexity index is 431. The van der Waals surface area contributed by atoms with Crippen molar-refractivity contribution in [3.05, 3.63) is 54.1 Å². The van der Waals surface area contributed by atoms with Crippen LogP contribution in [0.5, 0.6) is 0 Å². The maximum Gasteiger partial charge on any atom is 0.132 e. The average molecular weight is 214 g/mol. The van der Waals surface area contributed by atoms with Gasteiger partial charge in [-0.3, -0.25) is 0 Å². The molecule has 0 saturated heterocycles. The Morgan fingerprint density at radius 3 is 2.56 bits per heavy atom. The lowest BCUT2D eigenvalue weighted by Crippen LogP contribution is -2.25. The predicted molar refractivity (Wildman–Crippen MR) is 63.8 cm³/mol. The first-order chi connectivity index (χ1) is 7.79. The molecule has 0 saturated carbocycles. The first kappa shape index (κ1) is 10.8. The van der Waals surface area contributed by atoms with Crippen LogP contribution >= 0.6 is 0 Å². The van der Waals surface area contributed by atoms with Crippen molar-refractivity contribution in [3.8, 4) is 0 Å². The van der Waals surface area contributed by atoms with E-state index >= 15 is 0 Å². The first-order valence-corrected chi connectivity index (χ1v) is 5.32. The summed E-state index contributed by atoms with van der Waals surface area (Å²) in [5.41, 5.74) is 1.53. The van der Waals surface area contributed by atoms with Crippen LogP contribution in [0.15, 0.2) is 48.6 Å². The molecule has 1 aliphatic rings. The van der Waals surface area contributed by atoms with Crippen LogP contribution in [0.4, 0.5) is 0 Å². The highest BCUT2D eigenvalue weighted by Gasteiger charge is 2.26. The van der Waals surface area contributed by atoms with Crippen molar-refractivity contribution in [3.63, 3.8) is 0 Å². The van der Waals surface area contributed by atoms with Gasteiger partial charge in [0.05, 0.1) is 12.0 Å². The molecule has 0 amide bonds. The molecule has 1 atom stereocenters. The van der Waals surface area contributed by atoms with E-state index in [0.29, 0.717) is 6.42 Å². The van der Waals surface area contributed by atoms with Crippen molar-refractivity contribution < 1.29 is 9.90 Å². The number of aldehydes is 1. The maximum atomic E-state index is 10.9. The summed E-state index contributed by atoms with van der Waals surface area (Å²) in [6, 6.07) is 10.0. The molecule has 1 aromatic carbocycles. The van der Waals surface area contributed by atoms with Crippen molar-refractivity contribution >= 4 is 11.9 Å². The molecule has 0 aliphatic heterocycles. The smallest absolute Gasteiger partial charge is 0.132 e. The van der Waals surface area contributed by atoms with E-state index in [1.807, 2.05) is 42.5 Å². The van der Waals surface area contributed by atoms with E-state index in [1.54, 1.807) is 6.08 Å². The number of hydrogen-bond acceptors (Lipinski definition) is 2. The third kappa shape index (κ3) is 1.97. The molecule has 2 rings (SSSR count). The lowest BCUT2D eigenvalue weighted by Gasteiger charge is -2.23. The molecular formula is C14H14O2. The Morgan fingerprint density at radius 1 is 1.31 bits per heavy atom. The Kier molecular flexibility index (Phi) is 3.02. The molecule has 0 aromatic heterocycles. The zero-order valence-electron chi connectivity index (χ0n) is 8.97. The molecule has 2 nitrogen and oxygen atoms in total. The third-order valence-electron chi connectivity index (χ3n) is 2.93. The third-order valence-corrected chi connectivity index (χ3v) is 2.93. The fraction of sp³-hybridized carbons (Fsp3) is 0.214. The number of hydrogen-bond donors (Lipinski definition) is 1. The summed E-state index contributed by atoms with van der Waals surface area (Å²) in [4.78, 5) is 10.9. The summed E-state index contributed by atoms with van der Waals surface area (Å²) in [7, 11) is 0. The van der Waals surface area contributed by atoms with Crippen LogP contribution in [-0.2, 0) is 4.79 Å². The molecule has 0 radical (unpaired) electrons. The molecule has 0 bridgehead atoms. The molecule has 1 aromatic rings. The number of aliphatic hydroxyl groups is 1. The molecule has 16 heavy (non-hydrogen) atoms. The molecule has 0 fully saturated rings. The molecule has 1 N–H and O–H groups in total. The number of carbonyl (C=O) groups is 1. The van der Waals surface area contributed by atoms with Crippen molar-refractivity contribution in [1.82, 2.24) is 0 Å². The fourth-order valence-electron chi connectivity index (χ4n) is 1.78. The van der Waals surface area contributed by atoms with Crippen LogP contribution < -0.4 is 0 Å². The van der Waals surface area contributed by atoms with Crippen LogP contribution in [-0.4, -0.2) is 18.0 Å². The minimum absolute atomic E-state index is 0.133. The van der Waals surface area contributed by atoms with Crippen LogP contribution in [0.3, 0.4) is 0 Å². The van der Waals surface area contributed by atoms with Gasteiger partial charge >= 0.3 is 0 Å². The van der Waals surface area contributed by atoms with Crippen molar-refractivity contribution in [2.75, 3.05) is 6.61 Å². The Balaban J connectivity index is 2.23. The SMILES string of the molecule is O=CC1(CO)C=CC(c2ccccc2)=CC1. The van der Waals surface area contributed by atoms with Crippen LogP contribution in [0, 0.1) is 5.41 Å². The van der Waals surface area contributed by atoms with E-state index in [0.717, 1.165) is 17.4 Å². The summed E-state index contributed by atoms with van der Waals surface area (Å²) in [5.74, 6) is 0. The van der Waals surface area contributed by atoms with Gasteiger partial charge in [-0.2, -0.15) is 0 Å². The molecule has 0 heterocycles. The second kappa shape index (κ2) is 4.45. The lowest BCUT2D eigenvalue weighted by atomic mass is 9.81. The van der Waals surface area contributed by atoms with Crippen LogP contribution in [0.2, 0.25) is 0 Å². The van der Waals surface area contributed by atoms with Crippen LogP contribution in [0.1, 0.15) is 12.0 Å².